The zero-order valence-electron chi connectivity index (χ0n) is 12.7. The van der Waals surface area contributed by atoms with Gasteiger partial charge in [-0.15, -0.1) is 0 Å². The lowest BCUT2D eigenvalue weighted by Crippen LogP contribution is -2.41. The van der Waals surface area contributed by atoms with E-state index in [4.69, 9.17) is 0 Å². The van der Waals surface area contributed by atoms with Crippen LogP contribution in [0.15, 0.2) is 24.5 Å². The summed E-state index contributed by atoms with van der Waals surface area (Å²) >= 11 is 0. The summed E-state index contributed by atoms with van der Waals surface area (Å²) in [5.41, 5.74) is 0.896. The molecule has 6 nitrogen and oxygen atoms in total. The van der Waals surface area contributed by atoms with E-state index < -0.39 is 0 Å². The molecule has 1 saturated heterocycles. The molecule has 0 radical (unpaired) electrons. The topological polar surface area (TPSA) is 74.3 Å². The van der Waals surface area contributed by atoms with Crippen LogP contribution in [0.3, 0.4) is 0 Å². The van der Waals surface area contributed by atoms with Crippen LogP contribution in [0.25, 0.3) is 0 Å². The first-order chi connectivity index (χ1) is 10.0. The summed E-state index contributed by atoms with van der Waals surface area (Å²) in [7, 11) is 3.59. The van der Waals surface area contributed by atoms with Crippen molar-refractivity contribution in [2.24, 2.45) is 5.92 Å². The number of rotatable bonds is 5. The van der Waals surface area contributed by atoms with Crippen LogP contribution in [0.4, 0.5) is 0 Å². The number of likely N-dealkylation sites (tertiary alicyclic amines) is 1. The average Bonchev–Trinajstić information content (AvgIpc) is 2.81. The maximum atomic E-state index is 12.4. The Morgan fingerprint density at radius 2 is 2.33 bits per heavy atom. The van der Waals surface area contributed by atoms with E-state index in [0.29, 0.717) is 6.54 Å². The van der Waals surface area contributed by atoms with Gasteiger partial charge >= 0.3 is 0 Å². The molecule has 1 aromatic rings. The average molecular weight is 290 g/mol. The molecule has 6 heteroatoms. The third kappa shape index (κ3) is 3.39. The van der Waals surface area contributed by atoms with Crippen LogP contribution < -0.4 is 10.6 Å². The molecule has 2 N–H and O–H groups in total. The van der Waals surface area contributed by atoms with E-state index in [-0.39, 0.29) is 36.2 Å². The monoisotopic (exact) mass is 290 g/mol. The normalized spacial score (nSPS) is 23.2. The molecule has 0 saturated carbocycles. The van der Waals surface area contributed by atoms with Gasteiger partial charge in [-0.1, -0.05) is 6.07 Å². The Bertz CT molecular complexity index is 506. The van der Waals surface area contributed by atoms with E-state index in [9.17, 15) is 9.59 Å². The summed E-state index contributed by atoms with van der Waals surface area (Å²) in [6.07, 6.45) is 3.65. The molecule has 0 aromatic carbocycles. The molecule has 1 aromatic heterocycles. The van der Waals surface area contributed by atoms with Crippen molar-refractivity contribution in [1.82, 2.24) is 20.5 Å². The minimum atomic E-state index is -0.365. The largest absolute Gasteiger partial charge is 0.354 e. The number of hydrogen-bond donors (Lipinski definition) is 2. The first-order valence-corrected chi connectivity index (χ1v) is 7.15. The van der Waals surface area contributed by atoms with Crippen molar-refractivity contribution in [2.45, 2.75) is 25.4 Å². The van der Waals surface area contributed by atoms with Crippen molar-refractivity contribution < 1.29 is 9.59 Å². The van der Waals surface area contributed by atoms with Crippen molar-refractivity contribution in [3.63, 3.8) is 0 Å². The number of amides is 2. The molecule has 114 valence electrons. The molecule has 0 aliphatic carbocycles. The lowest BCUT2D eigenvalue weighted by molar-refractivity contribution is -0.128. The molecule has 1 aliphatic rings. The van der Waals surface area contributed by atoms with Crippen LogP contribution in [0.2, 0.25) is 0 Å². The Morgan fingerprint density at radius 3 is 2.95 bits per heavy atom. The molecular weight excluding hydrogens is 268 g/mol. The van der Waals surface area contributed by atoms with Crippen LogP contribution in [-0.2, 0) is 9.59 Å². The van der Waals surface area contributed by atoms with Gasteiger partial charge in [0.1, 0.15) is 0 Å². The van der Waals surface area contributed by atoms with E-state index in [2.05, 4.69) is 15.6 Å². The second-order valence-corrected chi connectivity index (χ2v) is 5.48. The predicted octanol–water partition coefficient (Wildman–Crippen LogP) is 0.325. The lowest BCUT2D eigenvalue weighted by atomic mass is 9.94. The smallest absolute Gasteiger partial charge is 0.226 e. The van der Waals surface area contributed by atoms with Crippen molar-refractivity contribution in [2.75, 3.05) is 20.6 Å². The van der Waals surface area contributed by atoms with E-state index in [1.807, 2.05) is 26.1 Å². The molecule has 21 heavy (non-hydrogen) atoms. The number of hydrogen-bond acceptors (Lipinski definition) is 4. The maximum Gasteiger partial charge on any atom is 0.226 e. The Hall–Kier alpha value is -1.95. The van der Waals surface area contributed by atoms with Gasteiger partial charge in [0.15, 0.2) is 0 Å². The van der Waals surface area contributed by atoms with E-state index in [1.165, 1.54) is 0 Å². The number of carbonyl (C=O) groups excluding carboxylic acids is 2. The van der Waals surface area contributed by atoms with Crippen molar-refractivity contribution in [3.05, 3.63) is 30.1 Å². The molecule has 2 amide bonds. The Kier molecular flexibility index (Phi) is 4.90. The van der Waals surface area contributed by atoms with E-state index in [1.54, 1.807) is 24.3 Å². The Labute approximate surface area is 124 Å². The minimum Gasteiger partial charge on any atom is -0.354 e. The molecule has 1 fully saturated rings. The predicted molar refractivity (Wildman–Crippen MR) is 79.4 cm³/mol. The molecule has 2 heterocycles. The summed E-state index contributed by atoms with van der Waals surface area (Å²) in [6, 6.07) is 3.68. The molecule has 3 unspecified atom stereocenters. The fourth-order valence-electron chi connectivity index (χ4n) is 2.60. The molecular formula is C15H22N4O2. The van der Waals surface area contributed by atoms with Gasteiger partial charge in [-0.2, -0.15) is 0 Å². The van der Waals surface area contributed by atoms with Gasteiger partial charge in [0.2, 0.25) is 11.8 Å². The fraction of sp³-hybridized carbons (Fsp3) is 0.533. The van der Waals surface area contributed by atoms with E-state index >= 15 is 0 Å². The number of likely N-dealkylation sites (N-methyl/N-ethyl adjacent to an activating group) is 1. The van der Waals surface area contributed by atoms with Gasteiger partial charge in [-0.05, 0) is 25.6 Å². The lowest BCUT2D eigenvalue weighted by Gasteiger charge is -2.25. The summed E-state index contributed by atoms with van der Waals surface area (Å²) < 4.78 is 0. The summed E-state index contributed by atoms with van der Waals surface area (Å²) in [5.74, 6) is -0.454. The number of nitrogens with zero attached hydrogens (tertiary/aromatic N) is 2. The standard InChI is InChI=1S/C15H22N4O2/c1-10(16-2)8-18-15(21)12-7-13(20)19(3)14(12)11-5-4-6-17-9-11/h4-6,9-10,12,14,16H,7-8H2,1-3H3,(H,18,21). The molecule has 1 aliphatic heterocycles. The molecule has 0 bridgehead atoms. The van der Waals surface area contributed by atoms with Crippen LogP contribution in [-0.4, -0.2) is 48.4 Å². The van der Waals surface area contributed by atoms with Crippen LogP contribution >= 0.6 is 0 Å². The number of pyridine rings is 1. The number of aromatic nitrogens is 1. The molecule has 2 rings (SSSR count). The van der Waals surface area contributed by atoms with Crippen LogP contribution in [0, 0.1) is 5.92 Å². The zero-order chi connectivity index (χ0) is 15.4. The first kappa shape index (κ1) is 15.4. The highest BCUT2D eigenvalue weighted by atomic mass is 16.2. The Morgan fingerprint density at radius 1 is 1.57 bits per heavy atom. The van der Waals surface area contributed by atoms with Gasteiger partial charge in [-0.25, -0.2) is 0 Å². The summed E-state index contributed by atoms with van der Waals surface area (Å²) in [5, 5.41) is 5.98. The SMILES string of the molecule is CNC(C)CNC(=O)C1CC(=O)N(C)C1c1cccnc1. The quantitative estimate of drug-likeness (QED) is 0.819. The van der Waals surface area contributed by atoms with Gasteiger partial charge in [-0.3, -0.25) is 14.6 Å². The van der Waals surface area contributed by atoms with Gasteiger partial charge in [0.25, 0.3) is 0 Å². The third-order valence-corrected chi connectivity index (χ3v) is 4.02. The van der Waals surface area contributed by atoms with E-state index in [0.717, 1.165) is 5.56 Å². The highest BCUT2D eigenvalue weighted by molar-refractivity contribution is 5.90. The number of carbonyl (C=O) groups is 2. The highest BCUT2D eigenvalue weighted by Gasteiger charge is 2.42. The first-order valence-electron chi connectivity index (χ1n) is 7.15. The van der Waals surface area contributed by atoms with Crippen molar-refractivity contribution in [3.8, 4) is 0 Å². The number of nitrogens with one attached hydrogen (secondary N) is 2. The van der Waals surface area contributed by atoms with Crippen molar-refractivity contribution >= 4 is 11.8 Å². The zero-order valence-corrected chi connectivity index (χ0v) is 12.7. The molecule has 3 atom stereocenters. The molecule has 0 spiro atoms. The van der Waals surface area contributed by atoms with Crippen LogP contribution in [0.5, 0.6) is 0 Å². The second kappa shape index (κ2) is 6.67. The second-order valence-electron chi connectivity index (χ2n) is 5.48. The van der Waals surface area contributed by atoms with Crippen LogP contribution in [0.1, 0.15) is 24.9 Å². The van der Waals surface area contributed by atoms with Gasteiger partial charge in [0.05, 0.1) is 12.0 Å². The minimum absolute atomic E-state index is 0.00864. The van der Waals surface area contributed by atoms with Crippen molar-refractivity contribution in [1.29, 1.82) is 0 Å². The summed E-state index contributed by atoms with van der Waals surface area (Å²) in [4.78, 5) is 30.1. The third-order valence-electron chi connectivity index (χ3n) is 4.02. The maximum absolute atomic E-state index is 12.4. The highest BCUT2D eigenvalue weighted by Crippen LogP contribution is 2.36. The fourth-order valence-corrected chi connectivity index (χ4v) is 2.60. The van der Waals surface area contributed by atoms with Gasteiger partial charge < -0.3 is 15.5 Å². The summed E-state index contributed by atoms with van der Waals surface area (Å²) in [6.45, 7) is 2.54. The van der Waals surface area contributed by atoms with Gasteiger partial charge in [0, 0.05) is 38.4 Å². The Balaban J connectivity index is 2.13.